The molecule has 0 radical (unpaired) electrons. The Morgan fingerprint density at radius 3 is 2.50 bits per heavy atom. The van der Waals surface area contributed by atoms with E-state index in [0.29, 0.717) is 18.2 Å². The molecule has 0 aromatic rings. The lowest BCUT2D eigenvalue weighted by atomic mass is 10.00. The van der Waals surface area contributed by atoms with Crippen molar-refractivity contribution in [2.75, 3.05) is 6.54 Å². The Bertz CT molecular complexity index is 169. The third-order valence-corrected chi connectivity index (χ3v) is 2.68. The fraction of sp³-hybridized carbons (Fsp3) is 0.833. The molecular formula is C12H23NO. The minimum absolute atomic E-state index is 0.415. The van der Waals surface area contributed by atoms with Crippen molar-refractivity contribution in [1.29, 1.82) is 0 Å². The van der Waals surface area contributed by atoms with Crippen molar-refractivity contribution < 1.29 is 4.74 Å². The van der Waals surface area contributed by atoms with E-state index in [-0.39, 0.29) is 0 Å². The molecule has 0 bridgehead atoms. The van der Waals surface area contributed by atoms with Gasteiger partial charge in [-0.15, -0.1) is 0 Å². The smallest absolute Gasteiger partial charge is 0.0565 e. The standard InChI is InChI=1S/C12H23NO/c1-4-5-6-7-13-12-8-10(2)14-11(3)9-12/h4-5,10-13H,6-9H2,1-3H3/b5-4+. The Balaban J connectivity index is 2.16. The van der Waals surface area contributed by atoms with Crippen molar-refractivity contribution >= 4 is 0 Å². The molecule has 0 spiro atoms. The molecule has 2 heteroatoms. The summed E-state index contributed by atoms with van der Waals surface area (Å²) in [6.07, 6.45) is 8.59. The Kier molecular flexibility index (Phi) is 5.20. The first-order valence-electron chi connectivity index (χ1n) is 5.72. The van der Waals surface area contributed by atoms with E-state index in [1.165, 1.54) is 0 Å². The van der Waals surface area contributed by atoms with Crippen molar-refractivity contribution in [2.24, 2.45) is 0 Å². The monoisotopic (exact) mass is 197 g/mol. The summed E-state index contributed by atoms with van der Waals surface area (Å²) in [5.41, 5.74) is 0. The molecule has 0 aliphatic carbocycles. The van der Waals surface area contributed by atoms with E-state index in [9.17, 15) is 0 Å². The molecule has 0 aromatic heterocycles. The number of rotatable bonds is 4. The van der Waals surface area contributed by atoms with E-state index in [2.05, 4.69) is 38.2 Å². The van der Waals surface area contributed by atoms with Crippen LogP contribution in [0.2, 0.25) is 0 Å². The van der Waals surface area contributed by atoms with Gasteiger partial charge in [-0.3, -0.25) is 0 Å². The van der Waals surface area contributed by atoms with Gasteiger partial charge in [0.1, 0.15) is 0 Å². The highest BCUT2D eigenvalue weighted by atomic mass is 16.5. The van der Waals surface area contributed by atoms with Gasteiger partial charge in [-0.2, -0.15) is 0 Å². The molecule has 82 valence electrons. The van der Waals surface area contributed by atoms with Crippen LogP contribution in [0.3, 0.4) is 0 Å². The van der Waals surface area contributed by atoms with Crippen LogP contribution in [0.5, 0.6) is 0 Å². The van der Waals surface area contributed by atoms with E-state index in [0.717, 1.165) is 25.8 Å². The van der Waals surface area contributed by atoms with Crippen molar-refractivity contribution in [3.8, 4) is 0 Å². The second-order valence-corrected chi connectivity index (χ2v) is 4.24. The SMILES string of the molecule is C/C=C/CCNC1CC(C)OC(C)C1. The van der Waals surface area contributed by atoms with Crippen LogP contribution in [0.25, 0.3) is 0 Å². The van der Waals surface area contributed by atoms with Gasteiger partial charge >= 0.3 is 0 Å². The Morgan fingerprint density at radius 2 is 1.93 bits per heavy atom. The summed E-state index contributed by atoms with van der Waals surface area (Å²) in [5.74, 6) is 0. The predicted molar refractivity (Wildman–Crippen MR) is 60.5 cm³/mol. The highest BCUT2D eigenvalue weighted by molar-refractivity contribution is 4.81. The summed E-state index contributed by atoms with van der Waals surface area (Å²) in [6, 6.07) is 0.652. The molecule has 1 rings (SSSR count). The van der Waals surface area contributed by atoms with Crippen LogP contribution in [0.15, 0.2) is 12.2 Å². The van der Waals surface area contributed by atoms with Crippen LogP contribution in [-0.2, 0) is 4.74 Å². The first kappa shape index (κ1) is 11.7. The molecule has 2 nitrogen and oxygen atoms in total. The largest absolute Gasteiger partial charge is 0.375 e. The van der Waals surface area contributed by atoms with Gasteiger partial charge in [-0.25, -0.2) is 0 Å². The Labute approximate surface area is 87.7 Å². The van der Waals surface area contributed by atoms with Gasteiger partial charge in [-0.1, -0.05) is 12.2 Å². The maximum atomic E-state index is 5.69. The van der Waals surface area contributed by atoms with E-state index < -0.39 is 0 Å². The molecule has 2 atom stereocenters. The number of hydrogen-bond donors (Lipinski definition) is 1. The van der Waals surface area contributed by atoms with Crippen molar-refractivity contribution in [2.45, 2.75) is 58.3 Å². The first-order valence-corrected chi connectivity index (χ1v) is 5.72. The lowest BCUT2D eigenvalue weighted by Crippen LogP contribution is -2.41. The van der Waals surface area contributed by atoms with Gasteiger partial charge in [-0.05, 0) is 46.6 Å². The topological polar surface area (TPSA) is 21.3 Å². The van der Waals surface area contributed by atoms with E-state index in [1.54, 1.807) is 0 Å². The number of ether oxygens (including phenoxy) is 1. The second kappa shape index (κ2) is 6.20. The molecule has 1 N–H and O–H groups in total. The maximum absolute atomic E-state index is 5.69. The van der Waals surface area contributed by atoms with Crippen LogP contribution in [0.1, 0.15) is 40.0 Å². The van der Waals surface area contributed by atoms with Crippen LogP contribution in [0, 0.1) is 0 Å². The zero-order valence-corrected chi connectivity index (χ0v) is 9.62. The zero-order chi connectivity index (χ0) is 10.4. The highest BCUT2D eigenvalue weighted by Crippen LogP contribution is 2.18. The van der Waals surface area contributed by atoms with Gasteiger partial charge in [0, 0.05) is 6.04 Å². The van der Waals surface area contributed by atoms with Crippen LogP contribution in [0.4, 0.5) is 0 Å². The lowest BCUT2D eigenvalue weighted by Gasteiger charge is -2.32. The molecule has 1 aliphatic heterocycles. The van der Waals surface area contributed by atoms with Gasteiger partial charge in [0.2, 0.25) is 0 Å². The van der Waals surface area contributed by atoms with Gasteiger partial charge < -0.3 is 10.1 Å². The number of nitrogens with one attached hydrogen (secondary N) is 1. The minimum Gasteiger partial charge on any atom is -0.375 e. The molecule has 1 aliphatic rings. The zero-order valence-electron chi connectivity index (χ0n) is 9.62. The molecule has 2 unspecified atom stereocenters. The van der Waals surface area contributed by atoms with Crippen LogP contribution in [-0.4, -0.2) is 24.8 Å². The molecule has 1 saturated heterocycles. The number of hydrogen-bond acceptors (Lipinski definition) is 2. The molecule has 14 heavy (non-hydrogen) atoms. The van der Waals surface area contributed by atoms with Crippen molar-refractivity contribution in [3.05, 3.63) is 12.2 Å². The average molecular weight is 197 g/mol. The summed E-state index contributed by atoms with van der Waals surface area (Å²) >= 11 is 0. The van der Waals surface area contributed by atoms with Gasteiger partial charge in [0.25, 0.3) is 0 Å². The van der Waals surface area contributed by atoms with Crippen molar-refractivity contribution in [3.63, 3.8) is 0 Å². The van der Waals surface area contributed by atoms with Gasteiger partial charge in [0.15, 0.2) is 0 Å². The summed E-state index contributed by atoms with van der Waals surface area (Å²) in [4.78, 5) is 0. The Morgan fingerprint density at radius 1 is 1.29 bits per heavy atom. The third-order valence-electron chi connectivity index (χ3n) is 2.68. The Hall–Kier alpha value is -0.340. The predicted octanol–water partition coefficient (Wildman–Crippen LogP) is 2.50. The lowest BCUT2D eigenvalue weighted by molar-refractivity contribution is -0.0418. The van der Waals surface area contributed by atoms with Crippen LogP contribution >= 0.6 is 0 Å². The molecule has 0 amide bonds. The highest BCUT2D eigenvalue weighted by Gasteiger charge is 2.23. The summed E-state index contributed by atoms with van der Waals surface area (Å²) < 4.78 is 5.69. The molecule has 0 saturated carbocycles. The fourth-order valence-corrected chi connectivity index (χ4v) is 2.11. The van der Waals surface area contributed by atoms with E-state index in [1.807, 2.05) is 0 Å². The minimum atomic E-state index is 0.415. The second-order valence-electron chi connectivity index (χ2n) is 4.24. The maximum Gasteiger partial charge on any atom is 0.0565 e. The van der Waals surface area contributed by atoms with Gasteiger partial charge in [0.05, 0.1) is 12.2 Å². The van der Waals surface area contributed by atoms with E-state index in [4.69, 9.17) is 4.74 Å². The normalized spacial score (nSPS) is 33.8. The van der Waals surface area contributed by atoms with Crippen LogP contribution < -0.4 is 5.32 Å². The number of allylic oxidation sites excluding steroid dienone is 1. The summed E-state index contributed by atoms with van der Waals surface area (Å²) in [5, 5.41) is 3.59. The quantitative estimate of drug-likeness (QED) is 0.552. The molecule has 1 heterocycles. The first-order chi connectivity index (χ1) is 6.72. The van der Waals surface area contributed by atoms with E-state index >= 15 is 0 Å². The summed E-state index contributed by atoms with van der Waals surface area (Å²) in [7, 11) is 0. The average Bonchev–Trinajstić information content (AvgIpc) is 2.11. The molecule has 0 aromatic carbocycles. The third kappa shape index (κ3) is 4.25. The fourth-order valence-electron chi connectivity index (χ4n) is 2.11. The summed E-state index contributed by atoms with van der Waals surface area (Å²) in [6.45, 7) is 7.49. The molecule has 1 fully saturated rings. The van der Waals surface area contributed by atoms with Crippen molar-refractivity contribution in [1.82, 2.24) is 5.32 Å². The molecular weight excluding hydrogens is 174 g/mol.